The van der Waals surface area contributed by atoms with Crippen LogP contribution in [0.25, 0.3) is 0 Å². The summed E-state index contributed by atoms with van der Waals surface area (Å²) in [6, 6.07) is 5.31. The van der Waals surface area contributed by atoms with E-state index in [1.54, 1.807) is 19.1 Å². The molecule has 0 radical (unpaired) electrons. The van der Waals surface area contributed by atoms with Crippen molar-refractivity contribution in [2.24, 2.45) is 5.92 Å². The van der Waals surface area contributed by atoms with Gasteiger partial charge >= 0.3 is 0 Å². The summed E-state index contributed by atoms with van der Waals surface area (Å²) in [5.41, 5.74) is -0.467. The molecule has 1 saturated heterocycles. The zero-order chi connectivity index (χ0) is 31.7. The molecule has 3 N–H and O–H groups in total. The van der Waals surface area contributed by atoms with Crippen LogP contribution in [0.2, 0.25) is 0 Å². The summed E-state index contributed by atoms with van der Waals surface area (Å²) >= 11 is 0. The Kier molecular flexibility index (Phi) is 7.02. The minimum Gasteiger partial charge on any atom is -0.507 e. The van der Waals surface area contributed by atoms with E-state index in [4.69, 9.17) is 4.74 Å². The van der Waals surface area contributed by atoms with Gasteiger partial charge in [0.25, 0.3) is 5.56 Å². The minimum absolute atomic E-state index is 0.000123. The minimum atomic E-state index is -1.58. The Morgan fingerprint density at radius 1 is 1.09 bits per heavy atom. The summed E-state index contributed by atoms with van der Waals surface area (Å²) in [5, 5.41) is 24.6. The number of carbonyl (C=O) groups is 4. The van der Waals surface area contributed by atoms with Crippen molar-refractivity contribution >= 4 is 23.3 Å². The van der Waals surface area contributed by atoms with Crippen LogP contribution in [0, 0.1) is 12.8 Å². The van der Waals surface area contributed by atoms with Crippen molar-refractivity contribution in [1.82, 2.24) is 14.8 Å². The van der Waals surface area contributed by atoms with Gasteiger partial charge in [-0.25, -0.2) is 0 Å². The van der Waals surface area contributed by atoms with E-state index in [2.05, 4.69) is 5.32 Å². The van der Waals surface area contributed by atoms with Crippen LogP contribution in [-0.2, 0) is 26.3 Å². The number of rotatable bonds is 6. The van der Waals surface area contributed by atoms with E-state index < -0.39 is 28.5 Å². The second-order valence-corrected chi connectivity index (χ2v) is 12.4. The second-order valence-electron chi connectivity index (χ2n) is 12.4. The van der Waals surface area contributed by atoms with Crippen molar-refractivity contribution in [2.75, 3.05) is 19.6 Å². The number of hydrogen-bond donors (Lipinski definition) is 3. The van der Waals surface area contributed by atoms with Crippen LogP contribution in [0.1, 0.15) is 73.1 Å². The number of ketones is 3. The van der Waals surface area contributed by atoms with Crippen LogP contribution in [0.4, 0.5) is 0 Å². The van der Waals surface area contributed by atoms with Crippen LogP contribution in [-0.4, -0.2) is 62.6 Å². The number of phenols is 2. The van der Waals surface area contributed by atoms with Crippen LogP contribution < -0.4 is 15.6 Å². The Morgan fingerprint density at radius 3 is 2.57 bits per heavy atom. The zero-order valence-electron chi connectivity index (χ0n) is 25.2. The number of carbonyl (C=O) groups excluding carboxylic acids is 4. The monoisotopic (exact) mass is 601 g/mol. The van der Waals surface area contributed by atoms with Gasteiger partial charge < -0.3 is 29.7 Å². The molecule has 44 heavy (non-hydrogen) atoms. The highest BCUT2D eigenvalue weighted by atomic mass is 16.5. The molecule has 230 valence electrons. The first-order valence-electron chi connectivity index (χ1n) is 14.9. The summed E-state index contributed by atoms with van der Waals surface area (Å²) in [6.07, 6.45) is 2.90. The van der Waals surface area contributed by atoms with Crippen LogP contribution in [0.5, 0.6) is 17.2 Å². The highest BCUT2D eigenvalue weighted by Crippen LogP contribution is 2.57. The fraction of sp³-hybridized carbons (Fsp3) is 0.424. The molecule has 0 spiro atoms. The number of pyridine rings is 1. The zero-order valence-corrected chi connectivity index (χ0v) is 25.2. The van der Waals surface area contributed by atoms with Gasteiger partial charge in [-0.2, -0.15) is 0 Å². The number of nitrogens with zero attached hydrogens (tertiary/aromatic N) is 2. The highest BCUT2D eigenvalue weighted by Gasteiger charge is 2.56. The number of phenolic OH excluding ortho intramolecular Hbond substituents is 2. The third kappa shape index (κ3) is 4.36. The van der Waals surface area contributed by atoms with Crippen molar-refractivity contribution in [3.8, 4) is 17.2 Å². The Bertz CT molecular complexity index is 1780. The number of aromatic hydroxyl groups is 2. The van der Waals surface area contributed by atoms with E-state index >= 15 is 0 Å². The summed E-state index contributed by atoms with van der Waals surface area (Å²) < 4.78 is 7.64. The summed E-state index contributed by atoms with van der Waals surface area (Å²) in [4.78, 5) is 66.7. The fourth-order valence-corrected chi connectivity index (χ4v) is 7.22. The largest absolute Gasteiger partial charge is 0.507 e. The summed E-state index contributed by atoms with van der Waals surface area (Å²) in [5.74, 6) is -2.27. The number of ether oxygens (including phenoxy) is 1. The number of aromatic nitrogens is 1. The van der Waals surface area contributed by atoms with Crippen molar-refractivity contribution in [2.45, 2.75) is 64.8 Å². The first-order chi connectivity index (χ1) is 20.8. The molecular weight excluding hydrogens is 566 g/mol. The molecule has 1 aromatic heterocycles. The predicted octanol–water partition coefficient (Wildman–Crippen LogP) is 2.75. The maximum atomic E-state index is 13.9. The quantitative estimate of drug-likeness (QED) is 0.196. The van der Waals surface area contributed by atoms with Crippen molar-refractivity contribution in [1.29, 1.82) is 0 Å². The smallest absolute Gasteiger partial charge is 0.250 e. The number of piperidine rings is 1. The van der Waals surface area contributed by atoms with Gasteiger partial charge in [0, 0.05) is 67.6 Å². The maximum absolute atomic E-state index is 13.9. The molecule has 1 amide bonds. The fourth-order valence-electron chi connectivity index (χ4n) is 7.22. The van der Waals surface area contributed by atoms with E-state index in [-0.39, 0.29) is 69.2 Å². The number of amides is 1. The van der Waals surface area contributed by atoms with E-state index in [1.807, 2.05) is 15.5 Å². The molecule has 4 aliphatic rings. The van der Waals surface area contributed by atoms with Crippen molar-refractivity contribution < 1.29 is 34.1 Å². The highest BCUT2D eigenvalue weighted by molar-refractivity contribution is 6.31. The standard InChI is InChI=1S/C33H35N3O8/c1-16-29(41)27(18(3)37)31-28(30(16)42)33(4)23(44-31)12-22(38)26(32(33)43)17(2)34-10-6-9-24(39)35-13-19-11-20(15-35)21-7-5-8-25(40)36(21)14-19/h5,7-8,12,19-20,34,41-42H,6,9-11,13-15H2,1-4H3/b26-17+/t19-,20+,33+/m0/s1. The molecule has 2 bridgehead atoms. The Labute approximate surface area is 253 Å². The number of likely N-dealkylation sites (tertiary alicyclic amines) is 1. The lowest BCUT2D eigenvalue weighted by Gasteiger charge is -2.42. The van der Waals surface area contributed by atoms with Crippen LogP contribution in [0.15, 0.2) is 46.1 Å². The Hall–Kier alpha value is -4.67. The molecular formula is C33H35N3O8. The van der Waals surface area contributed by atoms with Gasteiger partial charge in [0.15, 0.2) is 17.3 Å². The van der Waals surface area contributed by atoms with Crippen molar-refractivity contribution in [3.05, 3.63) is 74.0 Å². The van der Waals surface area contributed by atoms with Gasteiger partial charge in [0.1, 0.15) is 34.0 Å². The van der Waals surface area contributed by atoms with E-state index in [1.165, 1.54) is 26.8 Å². The number of benzene rings is 1. The van der Waals surface area contributed by atoms with E-state index in [0.717, 1.165) is 12.1 Å². The number of allylic oxidation sites excluding steroid dienone is 4. The number of hydrogen-bond acceptors (Lipinski definition) is 9. The molecule has 1 fully saturated rings. The lowest BCUT2D eigenvalue weighted by molar-refractivity contribution is -0.134. The first kappa shape index (κ1) is 29.4. The van der Waals surface area contributed by atoms with Gasteiger partial charge in [0.05, 0.1) is 11.1 Å². The summed E-state index contributed by atoms with van der Waals surface area (Å²) in [6.45, 7) is 7.95. The van der Waals surface area contributed by atoms with Crippen molar-refractivity contribution in [3.63, 3.8) is 0 Å². The summed E-state index contributed by atoms with van der Waals surface area (Å²) in [7, 11) is 0. The molecule has 4 heterocycles. The first-order valence-corrected chi connectivity index (χ1v) is 14.9. The van der Waals surface area contributed by atoms with Gasteiger partial charge in [-0.1, -0.05) is 6.07 Å². The Balaban J connectivity index is 1.15. The molecule has 0 saturated carbocycles. The second kappa shape index (κ2) is 10.5. The molecule has 3 aliphatic heterocycles. The molecule has 2 aromatic rings. The van der Waals surface area contributed by atoms with Gasteiger partial charge in [-0.15, -0.1) is 0 Å². The lowest BCUT2D eigenvalue weighted by Crippen LogP contribution is -2.49. The maximum Gasteiger partial charge on any atom is 0.250 e. The molecule has 3 atom stereocenters. The Morgan fingerprint density at radius 2 is 1.84 bits per heavy atom. The SMILES string of the molecule is CC(=O)c1c(O)c(C)c(O)c2c1OC1=CC(=O)/C(=C(/C)NCCCC(=O)N3C[C@@H]4C[C@H](C3)c3cccc(=O)n3C4)C(=O)[C@]12C. The van der Waals surface area contributed by atoms with Gasteiger partial charge in [-0.05, 0) is 52.5 Å². The molecule has 1 aliphatic carbocycles. The topological polar surface area (TPSA) is 155 Å². The van der Waals surface area contributed by atoms with E-state index in [9.17, 15) is 34.2 Å². The number of Topliss-reactive ketones (excluding diaryl/α,β-unsaturated/α-hetero) is 2. The molecule has 11 nitrogen and oxygen atoms in total. The third-order valence-electron chi connectivity index (χ3n) is 9.55. The van der Waals surface area contributed by atoms with Gasteiger partial charge in [0.2, 0.25) is 5.91 Å². The number of nitrogens with one attached hydrogen (secondary N) is 1. The molecule has 11 heteroatoms. The molecule has 6 rings (SSSR count). The third-order valence-corrected chi connectivity index (χ3v) is 9.55. The average molecular weight is 602 g/mol. The predicted molar refractivity (Wildman–Crippen MR) is 159 cm³/mol. The van der Waals surface area contributed by atoms with Crippen LogP contribution in [0.3, 0.4) is 0 Å². The lowest BCUT2D eigenvalue weighted by atomic mass is 9.70. The molecule has 1 aromatic carbocycles. The van der Waals surface area contributed by atoms with E-state index in [0.29, 0.717) is 38.3 Å². The van der Waals surface area contributed by atoms with Gasteiger partial charge in [-0.3, -0.25) is 24.0 Å². The normalized spacial score (nSPS) is 24.5. The number of fused-ring (bicyclic) bond motifs is 7. The van der Waals surface area contributed by atoms with Crippen LogP contribution >= 0.6 is 0 Å². The average Bonchev–Trinajstić information content (AvgIpc) is 3.27. The molecule has 0 unspecified atom stereocenters.